The van der Waals surface area contributed by atoms with E-state index < -0.39 is 0 Å². The molecular weight excluding hydrogens is 352 g/mol. The molecule has 0 aliphatic carbocycles. The van der Waals surface area contributed by atoms with Crippen molar-refractivity contribution in [3.05, 3.63) is 83.4 Å². The highest BCUT2D eigenvalue weighted by Gasteiger charge is 2.40. The van der Waals surface area contributed by atoms with Crippen molar-refractivity contribution in [2.75, 3.05) is 4.90 Å². The van der Waals surface area contributed by atoms with E-state index in [1.807, 2.05) is 66.5 Å². The molecule has 0 amide bonds. The van der Waals surface area contributed by atoms with Crippen molar-refractivity contribution in [2.45, 2.75) is 12.1 Å². The van der Waals surface area contributed by atoms with Crippen LogP contribution in [0.1, 0.15) is 23.3 Å². The van der Waals surface area contributed by atoms with E-state index >= 15 is 0 Å². The number of anilines is 1. The third-order valence-electron chi connectivity index (χ3n) is 4.40. The van der Waals surface area contributed by atoms with Gasteiger partial charge in [0.15, 0.2) is 5.11 Å². The van der Waals surface area contributed by atoms with Crippen LogP contribution in [0.15, 0.2) is 67.1 Å². The quantitative estimate of drug-likeness (QED) is 0.700. The Kier molecular flexibility index (Phi) is 4.19. The molecule has 1 aromatic carbocycles. The average molecular weight is 369 g/mol. The Morgan fingerprint density at radius 2 is 1.92 bits per heavy atom. The van der Waals surface area contributed by atoms with Crippen LogP contribution in [-0.2, 0) is 7.05 Å². The number of hydrogen-bond donors (Lipinski definition) is 1. The highest BCUT2D eigenvalue weighted by molar-refractivity contribution is 7.80. The number of rotatable bonds is 3. The monoisotopic (exact) mass is 368 g/mol. The number of aromatic nitrogens is 2. The number of nitrogens with one attached hydrogen (secondary N) is 1. The molecule has 0 unspecified atom stereocenters. The summed E-state index contributed by atoms with van der Waals surface area (Å²) in [7, 11) is 2.02. The van der Waals surface area contributed by atoms with Gasteiger partial charge in [0.25, 0.3) is 0 Å². The number of nitrogens with zero attached hydrogens (tertiary/aromatic N) is 3. The van der Waals surface area contributed by atoms with Crippen LogP contribution in [-0.4, -0.2) is 14.7 Å². The lowest BCUT2D eigenvalue weighted by Gasteiger charge is -2.27. The molecule has 25 heavy (non-hydrogen) atoms. The lowest BCUT2D eigenvalue weighted by atomic mass is 9.98. The van der Waals surface area contributed by atoms with Gasteiger partial charge in [-0.3, -0.25) is 4.98 Å². The third-order valence-corrected chi connectivity index (χ3v) is 4.97. The van der Waals surface area contributed by atoms with Gasteiger partial charge in [0.1, 0.15) is 0 Å². The fourth-order valence-electron chi connectivity index (χ4n) is 3.27. The first kappa shape index (κ1) is 16.1. The van der Waals surface area contributed by atoms with Crippen molar-refractivity contribution in [3.63, 3.8) is 0 Å². The second kappa shape index (κ2) is 6.50. The van der Waals surface area contributed by atoms with Gasteiger partial charge < -0.3 is 14.8 Å². The van der Waals surface area contributed by atoms with E-state index in [2.05, 4.69) is 27.5 Å². The van der Waals surface area contributed by atoms with Gasteiger partial charge in [-0.25, -0.2) is 0 Å². The lowest BCUT2D eigenvalue weighted by Crippen LogP contribution is -2.29. The zero-order valence-corrected chi connectivity index (χ0v) is 15.2. The first-order valence-corrected chi connectivity index (χ1v) is 8.80. The Labute approximate surface area is 157 Å². The second-order valence-corrected chi connectivity index (χ2v) is 6.91. The molecule has 4 nitrogen and oxygen atoms in total. The third kappa shape index (κ3) is 3.01. The molecule has 0 spiro atoms. The minimum absolute atomic E-state index is 0.0183. The van der Waals surface area contributed by atoms with Crippen molar-refractivity contribution in [1.82, 2.24) is 14.9 Å². The topological polar surface area (TPSA) is 33.1 Å². The van der Waals surface area contributed by atoms with Gasteiger partial charge in [0.05, 0.1) is 17.8 Å². The van der Waals surface area contributed by atoms with Crippen LogP contribution in [0.2, 0.25) is 5.02 Å². The van der Waals surface area contributed by atoms with E-state index in [0.29, 0.717) is 10.1 Å². The summed E-state index contributed by atoms with van der Waals surface area (Å²) in [6.45, 7) is 0. The van der Waals surface area contributed by atoms with Crippen molar-refractivity contribution in [1.29, 1.82) is 0 Å². The molecule has 126 valence electrons. The fourth-order valence-corrected chi connectivity index (χ4v) is 3.75. The van der Waals surface area contributed by atoms with Crippen LogP contribution in [0, 0.1) is 0 Å². The zero-order valence-electron chi connectivity index (χ0n) is 13.6. The van der Waals surface area contributed by atoms with Gasteiger partial charge in [-0.2, -0.15) is 0 Å². The summed E-state index contributed by atoms with van der Waals surface area (Å²) >= 11 is 11.7. The van der Waals surface area contributed by atoms with Gasteiger partial charge in [-0.15, -0.1) is 0 Å². The van der Waals surface area contributed by atoms with Crippen LogP contribution in [0.5, 0.6) is 0 Å². The maximum Gasteiger partial charge on any atom is 0.174 e. The number of thiocarbonyl (C=S) groups is 1. The largest absolute Gasteiger partial charge is 0.357 e. The number of aryl methyl sites for hydroxylation is 1. The van der Waals surface area contributed by atoms with E-state index in [0.717, 1.165) is 11.4 Å². The summed E-state index contributed by atoms with van der Waals surface area (Å²) in [5.74, 6) is 0. The molecule has 2 aromatic heterocycles. The molecule has 1 saturated heterocycles. The van der Waals surface area contributed by atoms with E-state index in [1.54, 1.807) is 0 Å². The number of hydrogen-bond acceptors (Lipinski definition) is 2. The van der Waals surface area contributed by atoms with Crippen LogP contribution < -0.4 is 10.2 Å². The van der Waals surface area contributed by atoms with Gasteiger partial charge in [0, 0.05) is 36.3 Å². The SMILES string of the molecule is Cn1ccc([C@@H]2[C@@H](c3ccccn3)NC(=S)N2c2ccc(Cl)cc2)c1. The van der Waals surface area contributed by atoms with Crippen molar-refractivity contribution < 1.29 is 0 Å². The highest BCUT2D eigenvalue weighted by Crippen LogP contribution is 2.41. The summed E-state index contributed by atoms with van der Waals surface area (Å²) in [6, 6.07) is 15.8. The zero-order chi connectivity index (χ0) is 17.4. The first-order chi connectivity index (χ1) is 12.1. The van der Waals surface area contributed by atoms with E-state index in [-0.39, 0.29) is 12.1 Å². The molecule has 6 heteroatoms. The minimum Gasteiger partial charge on any atom is -0.357 e. The van der Waals surface area contributed by atoms with E-state index in [9.17, 15) is 0 Å². The smallest absolute Gasteiger partial charge is 0.174 e. The molecule has 1 aliphatic rings. The summed E-state index contributed by atoms with van der Waals surface area (Å²) in [6.07, 6.45) is 5.98. The Hall–Kier alpha value is -2.37. The molecular formula is C19H17ClN4S. The lowest BCUT2D eigenvalue weighted by molar-refractivity contribution is 0.567. The summed E-state index contributed by atoms with van der Waals surface area (Å²) in [4.78, 5) is 6.68. The van der Waals surface area contributed by atoms with Crippen LogP contribution in [0.4, 0.5) is 5.69 Å². The van der Waals surface area contributed by atoms with Crippen molar-refractivity contribution >= 4 is 34.6 Å². The standard InChI is InChI=1S/C19H17ClN4S/c1-23-11-9-13(12-23)18-17(16-4-2-3-10-21-16)22-19(25)24(18)15-7-5-14(20)6-8-15/h2-12,17-18H,1H3,(H,22,25)/t17-,18-/m1/s1. The highest BCUT2D eigenvalue weighted by atomic mass is 35.5. The van der Waals surface area contributed by atoms with Crippen LogP contribution in [0.3, 0.4) is 0 Å². The Morgan fingerprint density at radius 3 is 2.56 bits per heavy atom. The summed E-state index contributed by atoms with van der Waals surface area (Å²) in [5, 5.41) is 4.84. The van der Waals surface area contributed by atoms with E-state index in [4.69, 9.17) is 23.8 Å². The molecule has 3 aromatic rings. The Bertz CT molecular complexity index is 891. The minimum atomic E-state index is -0.0215. The molecule has 2 atom stereocenters. The molecule has 1 fully saturated rings. The molecule has 1 N–H and O–H groups in total. The summed E-state index contributed by atoms with van der Waals surface area (Å²) in [5.41, 5.74) is 3.16. The molecule has 4 rings (SSSR count). The molecule has 3 heterocycles. The molecule has 0 radical (unpaired) electrons. The van der Waals surface area contributed by atoms with Gasteiger partial charge in [-0.1, -0.05) is 17.7 Å². The van der Waals surface area contributed by atoms with Gasteiger partial charge >= 0.3 is 0 Å². The predicted octanol–water partition coefficient (Wildman–Crippen LogP) is 4.25. The Balaban J connectivity index is 1.81. The maximum atomic E-state index is 6.06. The maximum absolute atomic E-state index is 6.06. The van der Waals surface area contributed by atoms with E-state index in [1.165, 1.54) is 5.56 Å². The number of benzene rings is 1. The van der Waals surface area contributed by atoms with Gasteiger partial charge in [0.2, 0.25) is 0 Å². The normalized spacial score (nSPS) is 19.9. The van der Waals surface area contributed by atoms with Gasteiger partial charge in [-0.05, 0) is 60.2 Å². The number of pyridine rings is 1. The summed E-state index contributed by atoms with van der Waals surface area (Å²) < 4.78 is 2.05. The molecule has 1 aliphatic heterocycles. The molecule has 0 saturated carbocycles. The fraction of sp³-hybridized carbons (Fsp3) is 0.158. The first-order valence-electron chi connectivity index (χ1n) is 8.01. The number of halogens is 1. The molecule has 0 bridgehead atoms. The van der Waals surface area contributed by atoms with Crippen LogP contribution in [0.25, 0.3) is 0 Å². The van der Waals surface area contributed by atoms with Crippen LogP contribution >= 0.6 is 23.8 Å². The Morgan fingerprint density at radius 1 is 1.12 bits per heavy atom. The second-order valence-electron chi connectivity index (χ2n) is 6.08. The van der Waals surface area contributed by atoms with Crippen molar-refractivity contribution in [2.24, 2.45) is 7.05 Å². The average Bonchev–Trinajstić information content (AvgIpc) is 3.20. The van der Waals surface area contributed by atoms with Crippen molar-refractivity contribution in [3.8, 4) is 0 Å². The predicted molar refractivity (Wildman–Crippen MR) is 105 cm³/mol.